The van der Waals surface area contributed by atoms with Crippen LogP contribution in [0.15, 0.2) is 109 Å². The van der Waals surface area contributed by atoms with Crippen LogP contribution in [0.4, 0.5) is 0 Å². The first-order chi connectivity index (χ1) is 14.1. The molecule has 0 nitrogen and oxygen atoms in total. The third-order valence-electron chi connectivity index (χ3n) is 5.96. The first kappa shape index (κ1) is 19.6. The van der Waals surface area contributed by atoms with E-state index in [1.54, 1.807) is 0 Å². The van der Waals surface area contributed by atoms with Gasteiger partial charge in [-0.25, -0.2) is 0 Å². The molecule has 1 unspecified atom stereocenters. The van der Waals surface area contributed by atoms with Gasteiger partial charge in [0.05, 0.1) is 0 Å². The highest BCUT2D eigenvalue weighted by Gasteiger charge is 2.51. The Kier molecular flexibility index (Phi) is 5.65. The largest absolute Gasteiger partial charge is 0.119 e. The third kappa shape index (κ3) is 3.54. The van der Waals surface area contributed by atoms with Crippen LogP contribution in [-0.4, -0.2) is 0 Å². The minimum Gasteiger partial charge on any atom is -0.0620 e. The maximum absolute atomic E-state index is 2.43. The van der Waals surface area contributed by atoms with Gasteiger partial charge >= 0.3 is 0 Å². The molecule has 0 aromatic heterocycles. The van der Waals surface area contributed by atoms with Crippen LogP contribution in [0.5, 0.6) is 0 Å². The van der Waals surface area contributed by atoms with Crippen molar-refractivity contribution in [2.45, 2.75) is 26.4 Å². The van der Waals surface area contributed by atoms with E-state index in [-0.39, 0.29) is 0 Å². The van der Waals surface area contributed by atoms with Gasteiger partial charge in [-0.15, -0.1) is 0 Å². The molecular formula is C28H28P+. The van der Waals surface area contributed by atoms with Crippen molar-refractivity contribution in [1.82, 2.24) is 0 Å². The molecule has 0 spiro atoms. The van der Waals surface area contributed by atoms with Crippen molar-refractivity contribution in [2.75, 3.05) is 0 Å². The molecule has 144 valence electrons. The van der Waals surface area contributed by atoms with Crippen molar-refractivity contribution < 1.29 is 0 Å². The summed E-state index contributed by atoms with van der Waals surface area (Å²) in [6.07, 6.45) is 0. The Morgan fingerprint density at radius 2 is 0.966 bits per heavy atom. The summed E-state index contributed by atoms with van der Waals surface area (Å²) in [5.41, 5.74) is 4.52. The van der Waals surface area contributed by atoms with Crippen LogP contribution >= 0.6 is 7.26 Å². The molecular weight excluding hydrogens is 367 g/mol. The zero-order chi connectivity index (χ0) is 20.3. The second kappa shape index (κ2) is 8.36. The SMILES string of the molecule is Cc1ccc(C)c(C(C)[P+](c2ccccc2)(c2ccccc2)c2ccccc2)c1. The fourth-order valence-electron chi connectivity index (χ4n) is 4.53. The van der Waals surface area contributed by atoms with Gasteiger partial charge in [0.15, 0.2) is 0 Å². The van der Waals surface area contributed by atoms with Crippen molar-refractivity contribution >= 4 is 23.2 Å². The molecule has 4 rings (SSSR count). The van der Waals surface area contributed by atoms with E-state index in [1.165, 1.54) is 32.6 Å². The van der Waals surface area contributed by atoms with Gasteiger partial charge in [0, 0.05) is 0 Å². The summed E-state index contributed by atoms with van der Waals surface area (Å²) in [6, 6.07) is 40.3. The molecule has 1 atom stereocenters. The van der Waals surface area contributed by atoms with E-state index in [1.807, 2.05) is 0 Å². The quantitative estimate of drug-likeness (QED) is 0.345. The summed E-state index contributed by atoms with van der Waals surface area (Å²) >= 11 is 0. The Balaban J connectivity index is 2.09. The van der Waals surface area contributed by atoms with Gasteiger partial charge in [0.2, 0.25) is 0 Å². The van der Waals surface area contributed by atoms with Gasteiger partial charge in [0.1, 0.15) is 28.8 Å². The molecule has 0 saturated carbocycles. The van der Waals surface area contributed by atoms with Crippen molar-refractivity contribution in [3.63, 3.8) is 0 Å². The minimum absolute atomic E-state index is 0.370. The lowest BCUT2D eigenvalue weighted by Gasteiger charge is -2.34. The fraction of sp³-hybridized carbons (Fsp3) is 0.143. The monoisotopic (exact) mass is 395 g/mol. The highest BCUT2D eigenvalue weighted by Crippen LogP contribution is 2.66. The molecule has 0 aliphatic rings. The second-order valence-electron chi connectivity index (χ2n) is 7.77. The van der Waals surface area contributed by atoms with Crippen molar-refractivity contribution in [2.24, 2.45) is 0 Å². The van der Waals surface area contributed by atoms with E-state index in [2.05, 4.69) is 130 Å². The van der Waals surface area contributed by atoms with E-state index in [0.717, 1.165) is 0 Å². The Hall–Kier alpha value is -2.69. The lowest BCUT2D eigenvalue weighted by molar-refractivity contribution is 1.05. The number of aryl methyl sites for hydroxylation is 2. The third-order valence-corrected chi connectivity index (χ3v) is 10.7. The van der Waals surface area contributed by atoms with Gasteiger partial charge in [-0.2, -0.15) is 0 Å². The molecule has 0 aliphatic heterocycles. The molecule has 0 fully saturated rings. The summed E-state index contributed by atoms with van der Waals surface area (Å²) in [6.45, 7) is 6.88. The van der Waals surface area contributed by atoms with E-state index in [0.29, 0.717) is 5.66 Å². The highest BCUT2D eigenvalue weighted by molar-refractivity contribution is 7.95. The zero-order valence-corrected chi connectivity index (χ0v) is 18.3. The number of benzene rings is 4. The molecule has 0 bridgehead atoms. The average molecular weight is 396 g/mol. The van der Waals surface area contributed by atoms with Crippen LogP contribution in [-0.2, 0) is 0 Å². The van der Waals surface area contributed by atoms with E-state index < -0.39 is 7.26 Å². The van der Waals surface area contributed by atoms with Gasteiger partial charge < -0.3 is 0 Å². The first-order valence-electron chi connectivity index (χ1n) is 10.3. The number of hydrogen-bond acceptors (Lipinski definition) is 0. The second-order valence-corrected chi connectivity index (χ2v) is 11.5. The normalized spacial score (nSPS) is 12.5. The van der Waals surface area contributed by atoms with Crippen molar-refractivity contribution in [1.29, 1.82) is 0 Å². The summed E-state index contributed by atoms with van der Waals surface area (Å²) in [4.78, 5) is 0. The molecule has 0 heterocycles. The molecule has 4 aromatic rings. The number of rotatable bonds is 5. The Morgan fingerprint density at radius 3 is 1.38 bits per heavy atom. The minimum atomic E-state index is -1.91. The molecule has 4 aromatic carbocycles. The molecule has 0 N–H and O–H groups in total. The standard InChI is InChI=1S/C28H28P/c1-22-19-20-23(2)28(21-22)24(3)29(25-13-7-4-8-14-25,26-15-9-5-10-16-26)27-17-11-6-12-18-27/h4-21,24H,1-3H3/q+1. The lowest BCUT2D eigenvalue weighted by atomic mass is 10.0. The maximum atomic E-state index is 2.43. The van der Waals surface area contributed by atoms with Crippen molar-refractivity contribution in [3.05, 3.63) is 126 Å². The average Bonchev–Trinajstić information content (AvgIpc) is 2.78. The Bertz CT molecular complexity index is 972. The zero-order valence-electron chi connectivity index (χ0n) is 17.4. The topological polar surface area (TPSA) is 0 Å². The summed E-state index contributed by atoms with van der Waals surface area (Å²) < 4.78 is 0. The molecule has 0 radical (unpaired) electrons. The summed E-state index contributed by atoms with van der Waals surface area (Å²) in [7, 11) is -1.91. The summed E-state index contributed by atoms with van der Waals surface area (Å²) in [5.74, 6) is 0. The Morgan fingerprint density at radius 1 is 0.552 bits per heavy atom. The van der Waals surface area contributed by atoms with Crippen LogP contribution in [0.2, 0.25) is 0 Å². The van der Waals surface area contributed by atoms with Gasteiger partial charge in [-0.1, -0.05) is 78.4 Å². The van der Waals surface area contributed by atoms with Crippen LogP contribution in [0.25, 0.3) is 0 Å². The molecule has 0 aliphatic carbocycles. The number of hydrogen-bond donors (Lipinski definition) is 0. The molecule has 0 amide bonds. The molecule has 29 heavy (non-hydrogen) atoms. The lowest BCUT2D eigenvalue weighted by Crippen LogP contribution is -2.34. The molecule has 0 saturated heterocycles. The first-order valence-corrected chi connectivity index (χ1v) is 12.1. The predicted octanol–water partition coefficient (Wildman–Crippen LogP) is 6.36. The van der Waals surface area contributed by atoms with E-state index >= 15 is 0 Å². The predicted molar refractivity (Wildman–Crippen MR) is 129 cm³/mol. The van der Waals surface area contributed by atoms with Gasteiger partial charge in [-0.3, -0.25) is 0 Å². The highest BCUT2D eigenvalue weighted by atomic mass is 31.2. The maximum Gasteiger partial charge on any atom is 0.119 e. The summed E-state index contributed by atoms with van der Waals surface area (Å²) in [5, 5.41) is 4.31. The van der Waals surface area contributed by atoms with Crippen LogP contribution < -0.4 is 15.9 Å². The Labute approximate surface area is 175 Å². The fourth-order valence-corrected chi connectivity index (χ4v) is 9.38. The van der Waals surface area contributed by atoms with Gasteiger partial charge in [-0.05, 0) is 68.3 Å². The van der Waals surface area contributed by atoms with E-state index in [9.17, 15) is 0 Å². The smallest absolute Gasteiger partial charge is 0.0620 e. The van der Waals surface area contributed by atoms with Crippen LogP contribution in [0.1, 0.15) is 29.3 Å². The van der Waals surface area contributed by atoms with Crippen LogP contribution in [0.3, 0.4) is 0 Å². The van der Waals surface area contributed by atoms with E-state index in [4.69, 9.17) is 0 Å². The van der Waals surface area contributed by atoms with Gasteiger partial charge in [0.25, 0.3) is 0 Å². The van der Waals surface area contributed by atoms with Crippen molar-refractivity contribution in [3.8, 4) is 0 Å². The van der Waals surface area contributed by atoms with Crippen LogP contribution in [0, 0.1) is 13.8 Å². The molecule has 1 heteroatoms.